The van der Waals surface area contributed by atoms with Crippen molar-refractivity contribution >= 4 is 28.7 Å². The lowest BCUT2D eigenvalue weighted by molar-refractivity contribution is 1.30. The van der Waals surface area contributed by atoms with Gasteiger partial charge in [0.25, 0.3) is 0 Å². The third-order valence-corrected chi connectivity index (χ3v) is 2.38. The fourth-order valence-corrected chi connectivity index (χ4v) is 1.57. The molecule has 0 bridgehead atoms. The maximum Gasteiger partial charge on any atom is 0.0591 e. The van der Waals surface area contributed by atoms with Crippen LogP contribution in [0.3, 0.4) is 0 Å². The first kappa shape index (κ1) is 10.8. The molecule has 16 heavy (non-hydrogen) atoms. The average molecular weight is 234 g/mol. The molecule has 82 valence electrons. The summed E-state index contributed by atoms with van der Waals surface area (Å²) in [5.74, 6) is 0. The fraction of sp³-hybridized carbons (Fsp3) is 0.0833. The van der Waals surface area contributed by atoms with E-state index >= 15 is 0 Å². The van der Waals surface area contributed by atoms with Crippen molar-refractivity contribution < 1.29 is 0 Å². The van der Waals surface area contributed by atoms with Gasteiger partial charge in [-0.2, -0.15) is 0 Å². The topological polar surface area (TPSA) is 37.0 Å². The highest BCUT2D eigenvalue weighted by molar-refractivity contribution is 6.30. The van der Waals surface area contributed by atoms with Crippen molar-refractivity contribution in [1.29, 1.82) is 0 Å². The van der Waals surface area contributed by atoms with Gasteiger partial charge in [-0.25, -0.2) is 0 Å². The Balaban J connectivity index is 2.20. The van der Waals surface area contributed by atoms with Gasteiger partial charge >= 0.3 is 0 Å². The van der Waals surface area contributed by atoms with Crippen LogP contribution >= 0.6 is 11.6 Å². The Morgan fingerprint density at radius 3 is 2.62 bits per heavy atom. The molecule has 2 rings (SSSR count). The van der Waals surface area contributed by atoms with Crippen LogP contribution < -0.4 is 10.6 Å². The molecule has 0 fully saturated rings. The molecule has 1 heterocycles. The summed E-state index contributed by atoms with van der Waals surface area (Å²) in [5.41, 5.74) is 2.84. The number of aromatic nitrogens is 1. The van der Waals surface area contributed by atoms with Gasteiger partial charge in [0.1, 0.15) is 0 Å². The molecule has 0 aliphatic heterocycles. The summed E-state index contributed by atoms with van der Waals surface area (Å²) in [6.07, 6.45) is 3.53. The van der Waals surface area contributed by atoms with Crippen LogP contribution in [-0.4, -0.2) is 12.0 Å². The van der Waals surface area contributed by atoms with E-state index in [0.29, 0.717) is 5.02 Å². The van der Waals surface area contributed by atoms with Crippen LogP contribution in [0.5, 0.6) is 0 Å². The number of pyridine rings is 1. The largest absolute Gasteiger partial charge is 0.387 e. The summed E-state index contributed by atoms with van der Waals surface area (Å²) in [5, 5.41) is 6.98. The molecule has 0 spiro atoms. The highest BCUT2D eigenvalue weighted by atomic mass is 35.5. The van der Waals surface area contributed by atoms with Crippen molar-refractivity contribution in [3.05, 3.63) is 47.7 Å². The highest BCUT2D eigenvalue weighted by Gasteiger charge is 1.97. The van der Waals surface area contributed by atoms with Gasteiger partial charge in [-0.05, 0) is 24.3 Å². The molecule has 2 N–H and O–H groups in total. The molecule has 0 amide bonds. The van der Waals surface area contributed by atoms with Crippen molar-refractivity contribution in [3.63, 3.8) is 0 Å². The summed E-state index contributed by atoms with van der Waals surface area (Å²) >= 11 is 5.90. The van der Waals surface area contributed by atoms with Gasteiger partial charge in [0, 0.05) is 17.8 Å². The Morgan fingerprint density at radius 1 is 1.06 bits per heavy atom. The number of rotatable bonds is 3. The first-order valence-electron chi connectivity index (χ1n) is 4.93. The summed E-state index contributed by atoms with van der Waals surface area (Å²) in [7, 11) is 1.86. The van der Waals surface area contributed by atoms with Crippen LogP contribution in [0.4, 0.5) is 17.1 Å². The predicted molar refractivity (Wildman–Crippen MR) is 68.5 cm³/mol. The summed E-state index contributed by atoms with van der Waals surface area (Å²) in [6.45, 7) is 0. The van der Waals surface area contributed by atoms with Gasteiger partial charge < -0.3 is 10.6 Å². The molecule has 0 aliphatic rings. The highest BCUT2D eigenvalue weighted by Crippen LogP contribution is 2.21. The predicted octanol–water partition coefficient (Wildman–Crippen LogP) is 3.52. The van der Waals surface area contributed by atoms with Crippen LogP contribution in [0, 0.1) is 0 Å². The molecule has 0 unspecified atom stereocenters. The lowest BCUT2D eigenvalue weighted by Gasteiger charge is -2.07. The summed E-state index contributed by atoms with van der Waals surface area (Å²) < 4.78 is 0. The molecule has 0 aliphatic carbocycles. The van der Waals surface area contributed by atoms with E-state index in [-0.39, 0.29) is 0 Å². The minimum Gasteiger partial charge on any atom is -0.387 e. The van der Waals surface area contributed by atoms with Crippen molar-refractivity contribution in [3.8, 4) is 0 Å². The Bertz CT molecular complexity index is 485. The number of benzene rings is 1. The smallest absolute Gasteiger partial charge is 0.0591 e. The minimum atomic E-state index is 0.711. The number of nitrogens with one attached hydrogen (secondary N) is 2. The van der Waals surface area contributed by atoms with E-state index in [1.807, 2.05) is 37.4 Å². The number of anilines is 3. The first-order valence-corrected chi connectivity index (χ1v) is 5.31. The quantitative estimate of drug-likeness (QED) is 0.852. The van der Waals surface area contributed by atoms with E-state index < -0.39 is 0 Å². The Morgan fingerprint density at radius 2 is 1.88 bits per heavy atom. The molecule has 1 aromatic heterocycles. The van der Waals surface area contributed by atoms with Crippen molar-refractivity contribution in [1.82, 2.24) is 4.98 Å². The van der Waals surface area contributed by atoms with E-state index in [9.17, 15) is 0 Å². The third kappa shape index (κ3) is 2.64. The van der Waals surface area contributed by atoms with Gasteiger partial charge in [-0.3, -0.25) is 4.98 Å². The molecule has 0 atom stereocenters. The number of nitrogens with zero attached hydrogens (tertiary/aromatic N) is 1. The lowest BCUT2D eigenvalue weighted by atomic mass is 10.3. The second kappa shape index (κ2) is 4.86. The standard InChI is InChI=1S/C12H12ClN3/c1-14-11-6-12(8-15-7-11)16-10-4-2-3-9(13)5-10/h2-8,14,16H,1H3. The number of hydrogen-bond donors (Lipinski definition) is 2. The molecule has 1 aromatic carbocycles. The van der Waals surface area contributed by atoms with Crippen molar-refractivity contribution in [2.24, 2.45) is 0 Å². The minimum absolute atomic E-state index is 0.711. The summed E-state index contributed by atoms with van der Waals surface area (Å²) in [6, 6.07) is 9.55. The molecule has 3 nitrogen and oxygen atoms in total. The maximum atomic E-state index is 5.90. The zero-order valence-electron chi connectivity index (χ0n) is 8.87. The van der Waals surface area contributed by atoms with Gasteiger partial charge in [0.15, 0.2) is 0 Å². The SMILES string of the molecule is CNc1cncc(Nc2cccc(Cl)c2)c1. The molecule has 0 radical (unpaired) electrons. The van der Waals surface area contributed by atoms with Crippen LogP contribution in [0.25, 0.3) is 0 Å². The molecule has 4 heteroatoms. The Hall–Kier alpha value is -1.74. The van der Waals surface area contributed by atoms with Gasteiger partial charge in [0.05, 0.1) is 23.8 Å². The zero-order valence-corrected chi connectivity index (χ0v) is 9.62. The van der Waals surface area contributed by atoms with Crippen LogP contribution in [0.1, 0.15) is 0 Å². The van der Waals surface area contributed by atoms with E-state index in [2.05, 4.69) is 15.6 Å². The second-order valence-corrected chi connectivity index (χ2v) is 3.78. The first-order chi connectivity index (χ1) is 7.78. The van der Waals surface area contributed by atoms with Gasteiger partial charge in [-0.15, -0.1) is 0 Å². The number of halogens is 1. The van der Waals surface area contributed by atoms with E-state index in [4.69, 9.17) is 11.6 Å². The normalized spacial score (nSPS) is 9.88. The lowest BCUT2D eigenvalue weighted by Crippen LogP contribution is -1.94. The molecule has 0 saturated carbocycles. The molecule has 0 saturated heterocycles. The number of hydrogen-bond acceptors (Lipinski definition) is 3. The van der Waals surface area contributed by atoms with E-state index in [1.54, 1.807) is 12.4 Å². The van der Waals surface area contributed by atoms with E-state index in [1.165, 1.54) is 0 Å². The molecular weight excluding hydrogens is 222 g/mol. The van der Waals surface area contributed by atoms with Crippen molar-refractivity contribution in [2.45, 2.75) is 0 Å². The van der Waals surface area contributed by atoms with Crippen LogP contribution in [0.15, 0.2) is 42.7 Å². The third-order valence-electron chi connectivity index (χ3n) is 2.14. The van der Waals surface area contributed by atoms with Crippen LogP contribution in [0.2, 0.25) is 5.02 Å². The Kier molecular flexibility index (Phi) is 3.27. The average Bonchev–Trinajstić information content (AvgIpc) is 2.29. The summed E-state index contributed by atoms with van der Waals surface area (Å²) in [4.78, 5) is 4.12. The van der Waals surface area contributed by atoms with E-state index in [0.717, 1.165) is 17.1 Å². The fourth-order valence-electron chi connectivity index (χ4n) is 1.38. The molecule has 2 aromatic rings. The molecular formula is C12H12ClN3. The van der Waals surface area contributed by atoms with Crippen molar-refractivity contribution in [2.75, 3.05) is 17.7 Å². The van der Waals surface area contributed by atoms with Crippen LogP contribution in [-0.2, 0) is 0 Å². The monoisotopic (exact) mass is 233 g/mol. The zero-order chi connectivity index (χ0) is 11.4. The maximum absolute atomic E-state index is 5.90. The second-order valence-electron chi connectivity index (χ2n) is 3.35. The van der Waals surface area contributed by atoms with Gasteiger partial charge in [-0.1, -0.05) is 17.7 Å². The van der Waals surface area contributed by atoms with Gasteiger partial charge in [0.2, 0.25) is 0 Å². The Labute approximate surface area is 99.5 Å².